The monoisotopic (exact) mass is 305 g/mol. The van der Waals surface area contributed by atoms with Gasteiger partial charge in [0.25, 0.3) is 0 Å². The highest BCUT2D eigenvalue weighted by Crippen LogP contribution is 2.13. The Bertz CT molecular complexity index is 425. The molecule has 20 heavy (non-hydrogen) atoms. The number of sulfone groups is 1. The molecule has 6 nitrogen and oxygen atoms in total. The van der Waals surface area contributed by atoms with Crippen LogP contribution in [0.2, 0.25) is 0 Å². The maximum atomic E-state index is 11.5. The average Bonchev–Trinajstić information content (AvgIpc) is 2.51. The van der Waals surface area contributed by atoms with Gasteiger partial charge in [-0.1, -0.05) is 6.92 Å². The van der Waals surface area contributed by atoms with Gasteiger partial charge in [-0.05, 0) is 45.8 Å². The predicted molar refractivity (Wildman–Crippen MR) is 80.2 cm³/mol. The molecule has 1 rings (SSSR count). The Morgan fingerprint density at radius 1 is 1.35 bits per heavy atom. The molecule has 1 atom stereocenters. The molecule has 1 amide bonds. The van der Waals surface area contributed by atoms with Gasteiger partial charge < -0.3 is 16.0 Å². The molecule has 118 valence electrons. The summed E-state index contributed by atoms with van der Waals surface area (Å²) >= 11 is 0. The van der Waals surface area contributed by atoms with Crippen LogP contribution in [0.5, 0.6) is 0 Å². The van der Waals surface area contributed by atoms with Crippen LogP contribution in [0.3, 0.4) is 0 Å². The van der Waals surface area contributed by atoms with Crippen LogP contribution >= 0.6 is 0 Å². The maximum absolute atomic E-state index is 11.5. The molecule has 1 saturated heterocycles. The molecule has 1 unspecified atom stereocenters. The summed E-state index contributed by atoms with van der Waals surface area (Å²) < 4.78 is 23.1. The van der Waals surface area contributed by atoms with E-state index in [1.807, 2.05) is 13.8 Å². The van der Waals surface area contributed by atoms with Gasteiger partial charge in [-0.3, -0.25) is 4.79 Å². The topological polar surface area (TPSA) is 92.5 Å². The van der Waals surface area contributed by atoms with Crippen LogP contribution in [0.25, 0.3) is 0 Å². The molecular formula is C13H27N3O3S. The first kappa shape index (κ1) is 17.4. The van der Waals surface area contributed by atoms with E-state index in [-0.39, 0.29) is 11.7 Å². The third-order valence-corrected chi connectivity index (χ3v) is 5.63. The van der Waals surface area contributed by atoms with Crippen LogP contribution in [-0.4, -0.2) is 62.4 Å². The lowest BCUT2D eigenvalue weighted by Gasteiger charge is -2.28. The standard InChI is InChI=1S/C13H27N3O3S/c1-3-15-13(2,12(14)17)6-4-7-16-8-5-10-20(18,19)11-9-16/h15H,3-11H2,1-2H3,(H2,14,17). The summed E-state index contributed by atoms with van der Waals surface area (Å²) in [6, 6.07) is 0. The van der Waals surface area contributed by atoms with Gasteiger partial charge in [0.05, 0.1) is 17.0 Å². The van der Waals surface area contributed by atoms with E-state index in [0.29, 0.717) is 31.7 Å². The average molecular weight is 305 g/mol. The highest BCUT2D eigenvalue weighted by molar-refractivity contribution is 7.91. The van der Waals surface area contributed by atoms with Crippen molar-refractivity contribution < 1.29 is 13.2 Å². The Labute approximate surface area is 122 Å². The van der Waals surface area contributed by atoms with Gasteiger partial charge in [-0.15, -0.1) is 0 Å². The predicted octanol–water partition coefficient (Wildman–Crippen LogP) is -0.259. The normalized spacial score (nSPS) is 22.9. The number of primary amides is 1. The Hall–Kier alpha value is -0.660. The molecule has 0 radical (unpaired) electrons. The van der Waals surface area contributed by atoms with Gasteiger partial charge in [-0.25, -0.2) is 8.42 Å². The molecule has 0 aliphatic carbocycles. The van der Waals surface area contributed by atoms with Gasteiger partial charge in [0, 0.05) is 6.54 Å². The molecular weight excluding hydrogens is 278 g/mol. The first-order chi connectivity index (χ1) is 9.29. The third-order valence-electron chi connectivity index (χ3n) is 3.91. The first-order valence-corrected chi connectivity index (χ1v) is 9.09. The molecule has 0 aromatic heterocycles. The number of amides is 1. The zero-order chi connectivity index (χ0) is 15.2. The van der Waals surface area contributed by atoms with Crippen molar-refractivity contribution in [3.63, 3.8) is 0 Å². The van der Waals surface area contributed by atoms with E-state index in [0.717, 1.165) is 19.5 Å². The summed E-state index contributed by atoms with van der Waals surface area (Å²) in [6.07, 6.45) is 2.19. The van der Waals surface area contributed by atoms with Crippen molar-refractivity contribution in [1.29, 1.82) is 0 Å². The fourth-order valence-corrected chi connectivity index (χ4v) is 3.87. The Kier molecular flexibility index (Phi) is 6.42. The van der Waals surface area contributed by atoms with Gasteiger partial charge in [0.1, 0.15) is 0 Å². The number of hydrogen-bond acceptors (Lipinski definition) is 5. The molecule has 0 aromatic rings. The van der Waals surface area contributed by atoms with Gasteiger partial charge in [0.15, 0.2) is 9.84 Å². The number of hydrogen-bond donors (Lipinski definition) is 2. The zero-order valence-electron chi connectivity index (χ0n) is 12.5. The number of likely N-dealkylation sites (N-methyl/N-ethyl adjacent to an activating group) is 1. The van der Waals surface area contributed by atoms with Crippen molar-refractivity contribution in [2.45, 2.75) is 38.6 Å². The van der Waals surface area contributed by atoms with Gasteiger partial charge in [0.2, 0.25) is 5.91 Å². The number of carbonyl (C=O) groups is 1. The van der Waals surface area contributed by atoms with Crippen molar-refractivity contribution in [2.75, 3.05) is 37.7 Å². The van der Waals surface area contributed by atoms with Crippen LogP contribution in [-0.2, 0) is 14.6 Å². The lowest BCUT2D eigenvalue weighted by Crippen LogP contribution is -2.53. The third kappa shape index (κ3) is 5.38. The smallest absolute Gasteiger partial charge is 0.237 e. The van der Waals surface area contributed by atoms with Gasteiger partial charge in [-0.2, -0.15) is 0 Å². The fraction of sp³-hybridized carbons (Fsp3) is 0.923. The lowest BCUT2D eigenvalue weighted by molar-refractivity contribution is -0.124. The molecule has 0 bridgehead atoms. The van der Waals surface area contributed by atoms with E-state index in [4.69, 9.17) is 5.73 Å². The minimum absolute atomic E-state index is 0.243. The number of nitrogens with one attached hydrogen (secondary N) is 1. The van der Waals surface area contributed by atoms with Crippen LogP contribution < -0.4 is 11.1 Å². The van der Waals surface area contributed by atoms with E-state index < -0.39 is 15.4 Å². The fourth-order valence-electron chi connectivity index (χ4n) is 2.56. The number of nitrogens with two attached hydrogens (primary N) is 1. The van der Waals surface area contributed by atoms with Crippen molar-refractivity contribution in [3.05, 3.63) is 0 Å². The number of rotatable bonds is 7. The largest absolute Gasteiger partial charge is 0.368 e. The quantitative estimate of drug-likeness (QED) is 0.676. The van der Waals surface area contributed by atoms with Crippen molar-refractivity contribution in [1.82, 2.24) is 10.2 Å². The number of nitrogens with zero attached hydrogens (tertiary/aromatic N) is 1. The second-order valence-electron chi connectivity index (χ2n) is 5.68. The van der Waals surface area contributed by atoms with Crippen LogP contribution in [0.1, 0.15) is 33.1 Å². The second kappa shape index (κ2) is 7.38. The highest BCUT2D eigenvalue weighted by atomic mass is 32.2. The summed E-state index contributed by atoms with van der Waals surface area (Å²) in [4.78, 5) is 13.7. The molecule has 1 heterocycles. The van der Waals surface area contributed by atoms with Crippen LogP contribution in [0.15, 0.2) is 0 Å². The Morgan fingerprint density at radius 3 is 2.65 bits per heavy atom. The van der Waals surface area contributed by atoms with Crippen molar-refractivity contribution in [3.8, 4) is 0 Å². The van der Waals surface area contributed by atoms with E-state index in [2.05, 4.69) is 10.2 Å². The summed E-state index contributed by atoms with van der Waals surface area (Å²) in [5.74, 6) is 0.200. The maximum Gasteiger partial charge on any atom is 0.237 e. The zero-order valence-corrected chi connectivity index (χ0v) is 13.3. The second-order valence-corrected chi connectivity index (χ2v) is 7.98. The van der Waals surface area contributed by atoms with Crippen LogP contribution in [0, 0.1) is 0 Å². The SMILES string of the molecule is CCNC(C)(CCCN1CCCS(=O)(=O)CC1)C(N)=O. The molecule has 0 aromatic carbocycles. The lowest BCUT2D eigenvalue weighted by atomic mass is 9.94. The van der Waals surface area contributed by atoms with Crippen molar-refractivity contribution in [2.24, 2.45) is 5.73 Å². The summed E-state index contributed by atoms with van der Waals surface area (Å²) in [5, 5.41) is 3.13. The van der Waals surface area contributed by atoms with E-state index in [1.165, 1.54) is 0 Å². The van der Waals surface area contributed by atoms with Gasteiger partial charge >= 0.3 is 0 Å². The Balaban J connectivity index is 2.41. The van der Waals surface area contributed by atoms with Crippen LogP contribution in [0.4, 0.5) is 0 Å². The van der Waals surface area contributed by atoms with E-state index >= 15 is 0 Å². The highest BCUT2D eigenvalue weighted by Gasteiger charge is 2.29. The molecule has 0 spiro atoms. The molecule has 7 heteroatoms. The molecule has 1 aliphatic rings. The van der Waals surface area contributed by atoms with Crippen molar-refractivity contribution >= 4 is 15.7 Å². The minimum Gasteiger partial charge on any atom is -0.368 e. The molecule has 1 aliphatic heterocycles. The summed E-state index contributed by atoms with van der Waals surface area (Å²) in [6.45, 7) is 6.68. The summed E-state index contributed by atoms with van der Waals surface area (Å²) in [5.41, 5.74) is 4.77. The number of carbonyl (C=O) groups excluding carboxylic acids is 1. The van der Waals surface area contributed by atoms with E-state index in [1.54, 1.807) is 0 Å². The van der Waals surface area contributed by atoms with E-state index in [9.17, 15) is 13.2 Å². The summed E-state index contributed by atoms with van der Waals surface area (Å²) in [7, 11) is -2.86. The first-order valence-electron chi connectivity index (χ1n) is 7.27. The molecule has 1 fully saturated rings. The Morgan fingerprint density at radius 2 is 2.05 bits per heavy atom. The minimum atomic E-state index is -2.86. The molecule has 0 saturated carbocycles. The molecule has 3 N–H and O–H groups in total.